The summed E-state index contributed by atoms with van der Waals surface area (Å²) in [6, 6.07) is 0. The zero-order valence-corrected chi connectivity index (χ0v) is 24.1. The second-order valence-corrected chi connectivity index (χ2v) is 11.1. The zero-order valence-electron chi connectivity index (χ0n) is 9.85. The van der Waals surface area contributed by atoms with Crippen molar-refractivity contribution >= 4 is 143 Å². The molecule has 2 aromatic rings. The van der Waals surface area contributed by atoms with Crippen molar-refractivity contribution in [3.05, 3.63) is 40.3 Å². The molecule has 118 valence electrons. The third kappa shape index (κ3) is 3.52. The van der Waals surface area contributed by atoms with Crippen molar-refractivity contribution in [1.82, 2.24) is 0 Å². The summed E-state index contributed by atoms with van der Waals surface area (Å²) >= 11 is 31.8. The molecule has 2 aromatic carbocycles. The standard InChI is InChI=1S/C12HBr9O/c13-3-1(4(14)8(18)9(19)7(3)17)2-5(15)10(20)12(22)11(21)6(2)16/h22H. The van der Waals surface area contributed by atoms with Crippen molar-refractivity contribution in [2.24, 2.45) is 0 Å². The van der Waals surface area contributed by atoms with Crippen LogP contribution in [-0.4, -0.2) is 5.11 Å². The van der Waals surface area contributed by atoms with Crippen LogP contribution in [0.3, 0.4) is 0 Å². The molecule has 1 N–H and O–H groups in total. The van der Waals surface area contributed by atoms with Gasteiger partial charge in [0.1, 0.15) is 5.75 Å². The van der Waals surface area contributed by atoms with Crippen LogP contribution >= 0.6 is 143 Å². The van der Waals surface area contributed by atoms with Crippen molar-refractivity contribution in [2.75, 3.05) is 0 Å². The van der Waals surface area contributed by atoms with Gasteiger partial charge in [0, 0.05) is 42.4 Å². The number of aromatic hydroxyl groups is 1. The molecule has 0 spiro atoms. The van der Waals surface area contributed by atoms with Gasteiger partial charge in [0.25, 0.3) is 0 Å². The highest BCUT2D eigenvalue weighted by Gasteiger charge is 2.26. The van der Waals surface area contributed by atoms with E-state index in [0.29, 0.717) is 8.95 Å². The number of rotatable bonds is 1. The molecule has 1 nitrogen and oxygen atoms in total. The van der Waals surface area contributed by atoms with Crippen molar-refractivity contribution in [3.8, 4) is 16.9 Å². The summed E-state index contributed by atoms with van der Waals surface area (Å²) in [7, 11) is 0. The van der Waals surface area contributed by atoms with Crippen molar-refractivity contribution in [3.63, 3.8) is 0 Å². The maximum Gasteiger partial charge on any atom is 0.146 e. The Hall–Kier alpha value is 2.56. The first kappa shape index (κ1) is 20.9. The molecule has 0 aliphatic rings. The average Bonchev–Trinajstić information content (AvgIpc) is 2.50. The average molecular weight is 880 g/mol. The SMILES string of the molecule is Oc1c(Br)c(Br)c(-c2c(Br)c(Br)c(Br)c(Br)c2Br)c(Br)c1Br. The van der Waals surface area contributed by atoms with Crippen LogP contribution in [-0.2, 0) is 0 Å². The summed E-state index contributed by atoms with van der Waals surface area (Å²) in [5, 5.41) is 10.1. The smallest absolute Gasteiger partial charge is 0.146 e. The van der Waals surface area contributed by atoms with Gasteiger partial charge in [0.2, 0.25) is 0 Å². The summed E-state index contributed by atoms with van der Waals surface area (Å²) < 4.78 is 6.93. The normalized spacial score (nSPS) is 11.1. The number of halogens is 9. The van der Waals surface area contributed by atoms with Gasteiger partial charge < -0.3 is 5.11 Å². The van der Waals surface area contributed by atoms with Gasteiger partial charge in [-0.15, -0.1) is 0 Å². The van der Waals surface area contributed by atoms with E-state index in [-0.39, 0.29) is 5.75 Å². The molecule has 0 aliphatic heterocycles. The predicted molar refractivity (Wildman–Crippen MR) is 123 cm³/mol. The predicted octanol–water partition coefficient (Wildman–Crippen LogP) is 9.92. The topological polar surface area (TPSA) is 20.2 Å². The number of phenolic OH excluding ortho intramolecular Hbond substituents is 1. The molecule has 10 heteroatoms. The van der Waals surface area contributed by atoms with E-state index in [9.17, 15) is 5.11 Å². The maximum atomic E-state index is 10.1. The maximum absolute atomic E-state index is 10.1. The molecule has 0 aliphatic carbocycles. The van der Waals surface area contributed by atoms with Gasteiger partial charge >= 0.3 is 0 Å². The van der Waals surface area contributed by atoms with Crippen LogP contribution in [0.25, 0.3) is 11.1 Å². The highest BCUT2D eigenvalue weighted by molar-refractivity contribution is 9.16. The van der Waals surface area contributed by atoms with E-state index in [1.54, 1.807) is 0 Å². The highest BCUT2D eigenvalue weighted by Crippen LogP contribution is 2.55. The lowest BCUT2D eigenvalue weighted by atomic mass is 10.1. The fraction of sp³-hybridized carbons (Fsp3) is 0. The van der Waals surface area contributed by atoms with Gasteiger partial charge in [-0.3, -0.25) is 0 Å². The Labute approximate surface area is 202 Å². The Morgan fingerprint density at radius 1 is 0.364 bits per heavy atom. The van der Waals surface area contributed by atoms with E-state index < -0.39 is 0 Å². The molecule has 0 aromatic heterocycles. The lowest BCUT2D eigenvalue weighted by Gasteiger charge is -2.19. The molecular formula is C12HBr9O. The van der Waals surface area contributed by atoms with Crippen LogP contribution in [0.4, 0.5) is 0 Å². The lowest BCUT2D eigenvalue weighted by molar-refractivity contribution is 0.467. The van der Waals surface area contributed by atoms with E-state index in [1.807, 2.05) is 0 Å². The fourth-order valence-corrected chi connectivity index (χ4v) is 7.60. The van der Waals surface area contributed by atoms with E-state index in [4.69, 9.17) is 0 Å². The van der Waals surface area contributed by atoms with E-state index in [0.717, 1.165) is 42.4 Å². The number of hydrogen-bond acceptors (Lipinski definition) is 1. The largest absolute Gasteiger partial charge is 0.505 e. The second kappa shape index (κ2) is 8.06. The van der Waals surface area contributed by atoms with Crippen LogP contribution in [0, 0.1) is 0 Å². The Kier molecular flexibility index (Phi) is 7.65. The molecule has 2 rings (SSSR count). The first-order valence-corrected chi connectivity index (χ1v) is 12.3. The van der Waals surface area contributed by atoms with Crippen molar-refractivity contribution in [2.45, 2.75) is 0 Å². The Bertz CT molecular complexity index is 675. The van der Waals surface area contributed by atoms with Gasteiger partial charge in [-0.1, -0.05) is 0 Å². The van der Waals surface area contributed by atoms with Crippen molar-refractivity contribution in [1.29, 1.82) is 0 Å². The zero-order chi connectivity index (χ0) is 16.9. The lowest BCUT2D eigenvalue weighted by Crippen LogP contribution is -1.92. The minimum absolute atomic E-state index is 0.116. The van der Waals surface area contributed by atoms with Gasteiger partial charge in [-0.25, -0.2) is 0 Å². The summed E-state index contributed by atoms with van der Waals surface area (Å²) in [4.78, 5) is 0. The molecule has 0 heterocycles. The summed E-state index contributed by atoms with van der Waals surface area (Å²) in [5.41, 5.74) is 1.77. The Morgan fingerprint density at radius 3 is 0.909 bits per heavy atom. The first-order chi connectivity index (χ1) is 10.1. The highest BCUT2D eigenvalue weighted by atomic mass is 79.9. The van der Waals surface area contributed by atoms with Crippen LogP contribution in [0.5, 0.6) is 5.75 Å². The van der Waals surface area contributed by atoms with Crippen LogP contribution < -0.4 is 0 Å². The molecular weight excluding hydrogens is 879 g/mol. The molecule has 0 saturated heterocycles. The minimum Gasteiger partial charge on any atom is -0.505 e. The second-order valence-electron chi connectivity index (χ2n) is 3.92. The van der Waals surface area contributed by atoms with Gasteiger partial charge in [0.05, 0.1) is 8.95 Å². The fourth-order valence-electron chi connectivity index (χ4n) is 1.66. The van der Waals surface area contributed by atoms with E-state index in [2.05, 4.69) is 143 Å². The first-order valence-electron chi connectivity index (χ1n) is 5.17. The molecule has 0 saturated carbocycles. The number of benzene rings is 2. The Balaban J connectivity index is 3.03. The Morgan fingerprint density at radius 2 is 0.591 bits per heavy atom. The van der Waals surface area contributed by atoms with Gasteiger partial charge in [-0.05, 0) is 143 Å². The van der Waals surface area contributed by atoms with Crippen LogP contribution in [0.15, 0.2) is 40.3 Å². The van der Waals surface area contributed by atoms with Gasteiger partial charge in [0.15, 0.2) is 0 Å². The van der Waals surface area contributed by atoms with Crippen LogP contribution in [0.2, 0.25) is 0 Å². The minimum atomic E-state index is 0.116. The molecule has 0 fully saturated rings. The molecule has 22 heavy (non-hydrogen) atoms. The quantitative estimate of drug-likeness (QED) is 0.224. The molecule has 0 atom stereocenters. The number of hydrogen-bond donors (Lipinski definition) is 1. The van der Waals surface area contributed by atoms with Crippen molar-refractivity contribution < 1.29 is 5.11 Å². The van der Waals surface area contributed by atoms with Gasteiger partial charge in [-0.2, -0.15) is 0 Å². The number of phenols is 1. The third-order valence-electron chi connectivity index (χ3n) is 2.70. The summed E-state index contributed by atoms with van der Waals surface area (Å²) in [6.07, 6.45) is 0. The van der Waals surface area contributed by atoms with E-state index in [1.165, 1.54) is 0 Å². The molecule has 0 bridgehead atoms. The molecule has 0 unspecified atom stereocenters. The summed E-state index contributed by atoms with van der Waals surface area (Å²) in [6.45, 7) is 0. The third-order valence-corrected chi connectivity index (χ3v) is 13.0. The monoisotopic (exact) mass is 871 g/mol. The van der Waals surface area contributed by atoms with E-state index >= 15 is 0 Å². The molecule has 0 amide bonds. The summed E-state index contributed by atoms with van der Waals surface area (Å²) in [5.74, 6) is 0.116. The molecule has 0 radical (unpaired) electrons. The van der Waals surface area contributed by atoms with Crippen LogP contribution in [0.1, 0.15) is 0 Å².